The lowest BCUT2D eigenvalue weighted by molar-refractivity contribution is 0.0997. The highest BCUT2D eigenvalue weighted by atomic mass is 32.1. The van der Waals surface area contributed by atoms with Crippen LogP contribution < -0.4 is 19.0 Å². The third-order valence-electron chi connectivity index (χ3n) is 4.79. The van der Waals surface area contributed by atoms with Gasteiger partial charge in [-0.3, -0.25) is 4.79 Å². The number of benzene rings is 2. The van der Waals surface area contributed by atoms with Crippen LogP contribution in [0.1, 0.15) is 35.7 Å². The molecule has 1 heterocycles. The quantitative estimate of drug-likeness (QED) is 0.510. The van der Waals surface area contributed by atoms with Gasteiger partial charge in [0.15, 0.2) is 16.3 Å². The molecule has 0 aliphatic carbocycles. The maximum atomic E-state index is 13.0. The topological polar surface area (TPSA) is 62.1 Å². The monoisotopic (exact) mass is 426 g/mol. The van der Waals surface area contributed by atoms with Crippen molar-refractivity contribution >= 4 is 27.5 Å². The lowest BCUT2D eigenvalue weighted by atomic mass is 10.0. The van der Waals surface area contributed by atoms with E-state index in [4.69, 9.17) is 14.2 Å². The molecule has 0 saturated carbocycles. The SMILES string of the molecule is C=CCn1c(=NC(=O)c2cc(OC)c(OC)c(OC)c2)sc2cc(C(C)C)ccc21. The molecule has 0 saturated heterocycles. The molecule has 0 aliphatic heterocycles. The fourth-order valence-electron chi connectivity index (χ4n) is 3.20. The highest BCUT2D eigenvalue weighted by molar-refractivity contribution is 7.16. The number of nitrogens with zero attached hydrogens (tertiary/aromatic N) is 2. The van der Waals surface area contributed by atoms with E-state index < -0.39 is 0 Å². The summed E-state index contributed by atoms with van der Waals surface area (Å²) < 4.78 is 19.1. The van der Waals surface area contributed by atoms with Crippen molar-refractivity contribution in [2.75, 3.05) is 21.3 Å². The summed E-state index contributed by atoms with van der Waals surface area (Å²) in [6.45, 7) is 8.72. The first-order valence-electron chi connectivity index (χ1n) is 9.56. The number of carbonyl (C=O) groups is 1. The second-order valence-electron chi connectivity index (χ2n) is 7.00. The van der Waals surface area contributed by atoms with Crippen LogP contribution in [0.4, 0.5) is 0 Å². The van der Waals surface area contributed by atoms with E-state index in [0.29, 0.717) is 40.1 Å². The summed E-state index contributed by atoms with van der Waals surface area (Å²) >= 11 is 1.49. The summed E-state index contributed by atoms with van der Waals surface area (Å²) in [6.07, 6.45) is 1.80. The molecule has 3 rings (SSSR count). The Kier molecular flexibility index (Phi) is 6.62. The van der Waals surface area contributed by atoms with Crippen molar-refractivity contribution in [1.29, 1.82) is 0 Å². The van der Waals surface area contributed by atoms with Gasteiger partial charge in [0.2, 0.25) is 5.75 Å². The molecule has 7 heteroatoms. The Hall–Kier alpha value is -3.06. The van der Waals surface area contributed by atoms with Crippen molar-refractivity contribution in [3.05, 3.63) is 58.9 Å². The number of hydrogen-bond donors (Lipinski definition) is 0. The molecule has 3 aromatic rings. The van der Waals surface area contributed by atoms with Gasteiger partial charge in [-0.2, -0.15) is 4.99 Å². The average Bonchev–Trinajstić information content (AvgIpc) is 3.08. The van der Waals surface area contributed by atoms with E-state index >= 15 is 0 Å². The minimum absolute atomic E-state index is 0.356. The van der Waals surface area contributed by atoms with Gasteiger partial charge in [-0.25, -0.2) is 0 Å². The highest BCUT2D eigenvalue weighted by Gasteiger charge is 2.17. The van der Waals surface area contributed by atoms with E-state index in [1.807, 2.05) is 4.57 Å². The largest absolute Gasteiger partial charge is 0.493 e. The fourth-order valence-corrected chi connectivity index (χ4v) is 4.28. The van der Waals surface area contributed by atoms with Gasteiger partial charge in [-0.05, 0) is 35.7 Å². The minimum atomic E-state index is -0.386. The zero-order valence-electron chi connectivity index (χ0n) is 17.9. The molecule has 0 radical (unpaired) electrons. The number of hydrogen-bond acceptors (Lipinski definition) is 5. The molecule has 0 atom stereocenters. The normalized spacial score (nSPS) is 11.7. The molecular formula is C23H26N2O4S. The molecule has 30 heavy (non-hydrogen) atoms. The van der Waals surface area contributed by atoms with Gasteiger partial charge in [0.05, 0.1) is 31.5 Å². The van der Waals surface area contributed by atoms with Gasteiger partial charge in [0.25, 0.3) is 5.91 Å². The maximum absolute atomic E-state index is 13.0. The molecule has 6 nitrogen and oxygen atoms in total. The van der Waals surface area contributed by atoms with Crippen LogP contribution in [-0.2, 0) is 6.54 Å². The predicted molar refractivity (Wildman–Crippen MR) is 120 cm³/mol. The summed E-state index contributed by atoms with van der Waals surface area (Å²) in [6, 6.07) is 9.56. The first-order chi connectivity index (χ1) is 14.4. The number of fused-ring (bicyclic) bond motifs is 1. The second-order valence-corrected chi connectivity index (χ2v) is 8.01. The number of ether oxygens (including phenoxy) is 3. The van der Waals surface area contributed by atoms with Gasteiger partial charge in [-0.15, -0.1) is 6.58 Å². The minimum Gasteiger partial charge on any atom is -0.493 e. The molecule has 0 aliphatic rings. The van der Waals surface area contributed by atoms with Gasteiger partial charge in [0.1, 0.15) is 0 Å². The number of amides is 1. The van der Waals surface area contributed by atoms with Crippen LogP contribution in [0.2, 0.25) is 0 Å². The van der Waals surface area contributed by atoms with Crippen LogP contribution in [0.25, 0.3) is 10.2 Å². The van der Waals surface area contributed by atoms with Crippen LogP contribution in [0.3, 0.4) is 0 Å². The summed E-state index contributed by atoms with van der Waals surface area (Å²) in [5, 5.41) is 0. The van der Waals surface area contributed by atoms with Crippen molar-refractivity contribution in [3.8, 4) is 17.2 Å². The van der Waals surface area contributed by atoms with E-state index in [2.05, 4.69) is 43.6 Å². The smallest absolute Gasteiger partial charge is 0.279 e. The molecule has 0 bridgehead atoms. The van der Waals surface area contributed by atoms with E-state index in [1.165, 1.54) is 38.2 Å². The molecule has 1 amide bonds. The number of carbonyl (C=O) groups excluding carboxylic acids is 1. The van der Waals surface area contributed by atoms with Crippen LogP contribution in [0.5, 0.6) is 17.2 Å². The first-order valence-corrected chi connectivity index (χ1v) is 10.4. The Morgan fingerprint density at radius 2 is 1.80 bits per heavy atom. The highest BCUT2D eigenvalue weighted by Crippen LogP contribution is 2.38. The number of methoxy groups -OCH3 is 3. The van der Waals surface area contributed by atoms with Crippen molar-refractivity contribution in [2.24, 2.45) is 4.99 Å². The van der Waals surface area contributed by atoms with Crippen molar-refractivity contribution in [3.63, 3.8) is 0 Å². The second kappa shape index (κ2) is 9.17. The average molecular weight is 427 g/mol. The van der Waals surface area contributed by atoms with E-state index in [0.717, 1.165) is 10.2 Å². The van der Waals surface area contributed by atoms with Crippen molar-refractivity contribution in [2.45, 2.75) is 26.3 Å². The fraction of sp³-hybridized carbons (Fsp3) is 0.304. The summed E-state index contributed by atoms with van der Waals surface area (Å²) in [5.41, 5.74) is 2.63. The Morgan fingerprint density at radius 1 is 1.13 bits per heavy atom. The molecule has 0 fully saturated rings. The Labute approximate surface area is 180 Å². The third-order valence-corrected chi connectivity index (χ3v) is 5.84. The Morgan fingerprint density at radius 3 is 2.33 bits per heavy atom. The van der Waals surface area contributed by atoms with E-state index in [-0.39, 0.29) is 5.91 Å². The van der Waals surface area contributed by atoms with E-state index in [1.54, 1.807) is 18.2 Å². The van der Waals surface area contributed by atoms with Crippen LogP contribution in [0.15, 0.2) is 48.0 Å². The summed E-state index contributed by atoms with van der Waals surface area (Å²) in [4.78, 5) is 18.0. The standard InChI is InChI=1S/C23H26N2O4S/c1-7-10-25-17-9-8-15(14(2)3)13-20(17)30-23(25)24-22(26)16-11-18(27-4)21(29-6)19(12-16)28-5/h7-9,11-14H,1,10H2,2-6H3. The summed E-state index contributed by atoms with van der Waals surface area (Å²) in [7, 11) is 4.55. The van der Waals surface area contributed by atoms with Gasteiger partial charge in [0, 0.05) is 12.1 Å². The lowest BCUT2D eigenvalue weighted by Gasteiger charge is -2.12. The number of thiazole rings is 1. The van der Waals surface area contributed by atoms with Crippen LogP contribution in [0, 0.1) is 0 Å². The Balaban J connectivity index is 2.15. The zero-order chi connectivity index (χ0) is 21.8. The van der Waals surface area contributed by atoms with E-state index in [9.17, 15) is 4.79 Å². The summed E-state index contributed by atoms with van der Waals surface area (Å²) in [5.74, 6) is 1.29. The van der Waals surface area contributed by atoms with Crippen molar-refractivity contribution < 1.29 is 19.0 Å². The molecular weight excluding hydrogens is 400 g/mol. The number of rotatable bonds is 7. The molecule has 158 valence electrons. The van der Waals surface area contributed by atoms with Gasteiger partial charge >= 0.3 is 0 Å². The first kappa shape index (κ1) is 21.6. The third kappa shape index (κ3) is 4.11. The predicted octanol–water partition coefficient (Wildman–Crippen LogP) is 4.78. The van der Waals surface area contributed by atoms with Crippen molar-refractivity contribution in [1.82, 2.24) is 4.57 Å². The van der Waals surface area contributed by atoms with Gasteiger partial charge in [-0.1, -0.05) is 37.3 Å². The number of allylic oxidation sites excluding steroid dienone is 1. The molecule has 0 unspecified atom stereocenters. The maximum Gasteiger partial charge on any atom is 0.279 e. The molecule has 2 aromatic carbocycles. The molecule has 0 N–H and O–H groups in total. The lowest BCUT2D eigenvalue weighted by Crippen LogP contribution is -2.16. The number of aromatic nitrogens is 1. The van der Waals surface area contributed by atoms with Crippen LogP contribution in [-0.4, -0.2) is 31.8 Å². The molecule has 1 aromatic heterocycles. The zero-order valence-corrected chi connectivity index (χ0v) is 18.7. The molecule has 0 spiro atoms. The Bertz CT molecular complexity index is 1130. The van der Waals surface area contributed by atoms with Crippen LogP contribution >= 0.6 is 11.3 Å². The van der Waals surface area contributed by atoms with Gasteiger partial charge < -0.3 is 18.8 Å².